The van der Waals surface area contributed by atoms with Gasteiger partial charge in [-0.1, -0.05) is 194 Å². The summed E-state index contributed by atoms with van der Waals surface area (Å²) in [5, 5.41) is 0. The third-order valence-electron chi connectivity index (χ3n) is 8.03. The standard InChI is InChI=1S/C35H72O2/c1-4-6-8-10-12-14-16-18-20-21-23-25-27-29-31-33-35(3)37-36-34-32-30-28-26-24-22-19-17-15-13-11-9-7-5-2/h35H,4-34H2,1-3H3. The zero-order valence-corrected chi connectivity index (χ0v) is 26.3. The molecule has 0 aromatic carbocycles. The third kappa shape index (κ3) is 33.9. The Kier molecular flexibility index (Phi) is 33.9. The first-order valence-corrected chi connectivity index (χ1v) is 17.6. The highest BCUT2D eigenvalue weighted by atomic mass is 17.2. The first-order valence-electron chi connectivity index (χ1n) is 17.6. The van der Waals surface area contributed by atoms with Crippen molar-refractivity contribution < 1.29 is 9.78 Å². The lowest BCUT2D eigenvalue weighted by atomic mass is 10.0. The second-order valence-electron chi connectivity index (χ2n) is 12.1. The molecule has 0 spiro atoms. The van der Waals surface area contributed by atoms with E-state index in [2.05, 4.69) is 20.8 Å². The molecule has 1 unspecified atom stereocenters. The normalized spacial score (nSPS) is 12.4. The van der Waals surface area contributed by atoms with E-state index >= 15 is 0 Å². The molecule has 0 heterocycles. The van der Waals surface area contributed by atoms with Gasteiger partial charge < -0.3 is 0 Å². The van der Waals surface area contributed by atoms with Gasteiger partial charge in [0.25, 0.3) is 0 Å². The van der Waals surface area contributed by atoms with Gasteiger partial charge in [-0.2, -0.15) is 0 Å². The van der Waals surface area contributed by atoms with Crippen molar-refractivity contribution in [3.63, 3.8) is 0 Å². The van der Waals surface area contributed by atoms with Gasteiger partial charge in [0.1, 0.15) is 0 Å². The highest BCUT2D eigenvalue weighted by molar-refractivity contribution is 4.53. The molecular formula is C35H72O2. The van der Waals surface area contributed by atoms with Gasteiger partial charge in [-0.05, 0) is 19.8 Å². The molecule has 0 aromatic rings. The van der Waals surface area contributed by atoms with Crippen LogP contribution in [0, 0.1) is 0 Å². The maximum Gasteiger partial charge on any atom is 0.0901 e. The molecule has 37 heavy (non-hydrogen) atoms. The van der Waals surface area contributed by atoms with Crippen molar-refractivity contribution in [2.24, 2.45) is 0 Å². The monoisotopic (exact) mass is 525 g/mol. The highest BCUT2D eigenvalue weighted by Crippen LogP contribution is 2.15. The van der Waals surface area contributed by atoms with Crippen LogP contribution in [0.1, 0.15) is 213 Å². The zero-order valence-electron chi connectivity index (χ0n) is 26.3. The summed E-state index contributed by atoms with van der Waals surface area (Å²) in [5.74, 6) is 0. The minimum absolute atomic E-state index is 0.244. The van der Waals surface area contributed by atoms with Crippen molar-refractivity contribution in [2.75, 3.05) is 6.61 Å². The molecule has 0 rings (SSSR count). The fourth-order valence-electron chi connectivity index (χ4n) is 5.37. The molecule has 0 amide bonds. The van der Waals surface area contributed by atoms with E-state index in [-0.39, 0.29) is 6.10 Å². The van der Waals surface area contributed by atoms with E-state index in [0.29, 0.717) is 0 Å². The van der Waals surface area contributed by atoms with E-state index in [4.69, 9.17) is 9.78 Å². The van der Waals surface area contributed by atoms with Crippen LogP contribution >= 0.6 is 0 Å². The SMILES string of the molecule is CCCCCCCCCCCCCCCCCC(C)OOCCCCCCCCCCCCCCCC. The topological polar surface area (TPSA) is 18.5 Å². The molecular weight excluding hydrogens is 452 g/mol. The molecule has 1 atom stereocenters. The van der Waals surface area contributed by atoms with Gasteiger partial charge in [0.05, 0.1) is 12.7 Å². The van der Waals surface area contributed by atoms with Gasteiger partial charge >= 0.3 is 0 Å². The first kappa shape index (κ1) is 36.9. The average molecular weight is 525 g/mol. The van der Waals surface area contributed by atoms with Crippen LogP contribution in [0.15, 0.2) is 0 Å². The molecule has 0 bridgehead atoms. The van der Waals surface area contributed by atoms with E-state index < -0.39 is 0 Å². The molecule has 0 aliphatic rings. The first-order chi connectivity index (χ1) is 18.3. The summed E-state index contributed by atoms with van der Waals surface area (Å²) in [5.41, 5.74) is 0. The zero-order chi connectivity index (χ0) is 26.9. The van der Waals surface area contributed by atoms with Crippen LogP contribution in [-0.2, 0) is 9.78 Å². The minimum Gasteiger partial charge on any atom is -0.236 e. The summed E-state index contributed by atoms with van der Waals surface area (Å²) in [4.78, 5) is 11.1. The molecule has 0 fully saturated rings. The second-order valence-corrected chi connectivity index (χ2v) is 12.1. The molecule has 2 nitrogen and oxygen atoms in total. The Morgan fingerprint density at radius 1 is 0.351 bits per heavy atom. The van der Waals surface area contributed by atoms with E-state index in [1.807, 2.05) is 0 Å². The van der Waals surface area contributed by atoms with E-state index in [9.17, 15) is 0 Å². The lowest BCUT2D eigenvalue weighted by Gasteiger charge is -2.11. The smallest absolute Gasteiger partial charge is 0.0901 e. The number of unbranched alkanes of at least 4 members (excludes halogenated alkanes) is 27. The summed E-state index contributed by atoms with van der Waals surface area (Å²) in [6, 6.07) is 0. The molecule has 0 aliphatic carbocycles. The van der Waals surface area contributed by atoms with Crippen LogP contribution in [0.4, 0.5) is 0 Å². The predicted octanol–water partition coefficient (Wildman–Crippen LogP) is 13.1. The van der Waals surface area contributed by atoms with Gasteiger partial charge in [0, 0.05) is 0 Å². The van der Waals surface area contributed by atoms with Gasteiger partial charge in [0.2, 0.25) is 0 Å². The Bertz CT molecular complexity index is 383. The van der Waals surface area contributed by atoms with Crippen LogP contribution in [-0.4, -0.2) is 12.7 Å². The van der Waals surface area contributed by atoms with Crippen LogP contribution in [0.25, 0.3) is 0 Å². The lowest BCUT2D eigenvalue weighted by Crippen LogP contribution is -2.09. The Labute approximate surface area is 235 Å². The molecule has 0 N–H and O–H groups in total. The summed E-state index contributed by atoms with van der Waals surface area (Å²) < 4.78 is 0. The molecule has 0 saturated carbocycles. The number of hydrogen-bond acceptors (Lipinski definition) is 2. The summed E-state index contributed by atoms with van der Waals surface area (Å²) >= 11 is 0. The van der Waals surface area contributed by atoms with Gasteiger partial charge in [-0.3, -0.25) is 0 Å². The summed E-state index contributed by atoms with van der Waals surface area (Å²) in [6.45, 7) is 7.52. The molecule has 0 saturated heterocycles. The molecule has 2 heteroatoms. The molecule has 0 radical (unpaired) electrons. The molecule has 224 valence electrons. The van der Waals surface area contributed by atoms with Crippen molar-refractivity contribution in [1.29, 1.82) is 0 Å². The third-order valence-corrected chi connectivity index (χ3v) is 8.03. The van der Waals surface area contributed by atoms with Gasteiger partial charge in [-0.15, -0.1) is 0 Å². The van der Waals surface area contributed by atoms with Gasteiger partial charge in [0.15, 0.2) is 0 Å². The lowest BCUT2D eigenvalue weighted by molar-refractivity contribution is -0.322. The van der Waals surface area contributed by atoms with Crippen molar-refractivity contribution in [3.8, 4) is 0 Å². The van der Waals surface area contributed by atoms with Crippen molar-refractivity contribution in [1.82, 2.24) is 0 Å². The summed E-state index contributed by atoms with van der Waals surface area (Å²) in [6.07, 6.45) is 42.3. The number of rotatable bonds is 33. The predicted molar refractivity (Wildman–Crippen MR) is 166 cm³/mol. The van der Waals surface area contributed by atoms with E-state index in [1.165, 1.54) is 180 Å². The second kappa shape index (κ2) is 33.9. The van der Waals surface area contributed by atoms with E-state index in [1.54, 1.807) is 0 Å². The maximum absolute atomic E-state index is 5.57. The van der Waals surface area contributed by atoms with Crippen LogP contribution < -0.4 is 0 Å². The minimum atomic E-state index is 0.244. The highest BCUT2D eigenvalue weighted by Gasteiger charge is 2.03. The molecule has 0 aliphatic heterocycles. The quantitative estimate of drug-likeness (QED) is 0.0482. The fraction of sp³-hybridized carbons (Fsp3) is 1.00. The Morgan fingerprint density at radius 2 is 0.622 bits per heavy atom. The average Bonchev–Trinajstić information content (AvgIpc) is 2.90. The van der Waals surface area contributed by atoms with E-state index in [0.717, 1.165) is 19.4 Å². The Hall–Kier alpha value is -0.0800. The largest absolute Gasteiger partial charge is 0.236 e. The van der Waals surface area contributed by atoms with Crippen LogP contribution in [0.5, 0.6) is 0 Å². The number of hydrogen-bond donors (Lipinski definition) is 0. The Balaban J connectivity index is 3.13. The molecule has 0 aromatic heterocycles. The van der Waals surface area contributed by atoms with Crippen LogP contribution in [0.3, 0.4) is 0 Å². The van der Waals surface area contributed by atoms with Crippen molar-refractivity contribution in [2.45, 2.75) is 219 Å². The fourth-order valence-corrected chi connectivity index (χ4v) is 5.37. The van der Waals surface area contributed by atoms with Crippen LogP contribution in [0.2, 0.25) is 0 Å². The Morgan fingerprint density at radius 3 is 0.946 bits per heavy atom. The summed E-state index contributed by atoms with van der Waals surface area (Å²) in [7, 11) is 0. The van der Waals surface area contributed by atoms with Crippen molar-refractivity contribution >= 4 is 0 Å². The van der Waals surface area contributed by atoms with Crippen molar-refractivity contribution in [3.05, 3.63) is 0 Å². The van der Waals surface area contributed by atoms with Gasteiger partial charge in [-0.25, -0.2) is 9.78 Å². The maximum atomic E-state index is 5.57.